The lowest BCUT2D eigenvalue weighted by atomic mass is 9.94. The number of benzene rings is 4. The van der Waals surface area contributed by atoms with Crippen LogP contribution >= 0.6 is 11.6 Å². The third kappa shape index (κ3) is 8.90. The maximum absolute atomic E-state index is 13.0. The summed E-state index contributed by atoms with van der Waals surface area (Å²) < 4.78 is 32.9. The number of aryl methyl sites for hydroxylation is 2. The van der Waals surface area contributed by atoms with Gasteiger partial charge in [0.15, 0.2) is 23.0 Å². The Bertz CT molecular complexity index is 2590. The van der Waals surface area contributed by atoms with Crippen LogP contribution in [0.5, 0.6) is 46.3 Å². The van der Waals surface area contributed by atoms with E-state index in [2.05, 4.69) is 28.3 Å². The van der Waals surface area contributed by atoms with Gasteiger partial charge in [0.05, 0.1) is 34.6 Å². The van der Waals surface area contributed by atoms with E-state index in [0.29, 0.717) is 34.6 Å². The van der Waals surface area contributed by atoms with Crippen LogP contribution in [-0.4, -0.2) is 34.7 Å². The molecule has 3 N–H and O–H groups in total. The van der Waals surface area contributed by atoms with Crippen LogP contribution in [0.4, 0.5) is 11.4 Å². The SMILES string of the molecule is Cc1cccc(Oc2ccc(N)cn2)c1C.Cc1cccc(Oc2ccc(NC(=O)C3(c4ccc5c(c4)OCO5)CC3)cn2)c1C.O=C(Cl)C1(c2ccc3c(c2)OCO3)CC1. The Morgan fingerprint density at radius 3 is 1.57 bits per heavy atom. The number of nitrogens with one attached hydrogen (secondary N) is 1. The lowest BCUT2D eigenvalue weighted by Crippen LogP contribution is -2.27. The van der Waals surface area contributed by atoms with Gasteiger partial charge in [-0.05, 0) is 147 Å². The summed E-state index contributed by atoms with van der Waals surface area (Å²) in [6.07, 6.45) is 6.47. The summed E-state index contributed by atoms with van der Waals surface area (Å²) in [5, 5.41) is 2.72. The van der Waals surface area contributed by atoms with Gasteiger partial charge in [0.2, 0.25) is 36.5 Å². The lowest BCUT2D eigenvalue weighted by Gasteiger charge is -2.16. The number of nitrogen functional groups attached to an aromatic ring is 1. The van der Waals surface area contributed by atoms with Crippen molar-refractivity contribution >= 4 is 34.1 Å². The van der Waals surface area contributed by atoms with Crippen molar-refractivity contribution in [3.05, 3.63) is 143 Å². The lowest BCUT2D eigenvalue weighted by molar-refractivity contribution is -0.118. The molecule has 12 nitrogen and oxygen atoms in total. The van der Waals surface area contributed by atoms with Crippen molar-refractivity contribution < 1.29 is 38.0 Å². The number of rotatable bonds is 9. The number of anilines is 2. The van der Waals surface area contributed by atoms with Gasteiger partial charge in [-0.15, -0.1) is 0 Å². The minimum absolute atomic E-state index is 0.0358. The smallest absolute Gasteiger partial charge is 0.235 e. The molecule has 0 radical (unpaired) electrons. The Kier molecular flexibility index (Phi) is 11.5. The van der Waals surface area contributed by atoms with Crippen LogP contribution in [0.3, 0.4) is 0 Å². The minimum Gasteiger partial charge on any atom is -0.454 e. The van der Waals surface area contributed by atoms with Crippen molar-refractivity contribution in [2.75, 3.05) is 24.6 Å². The number of hydrogen-bond acceptors (Lipinski definition) is 11. The van der Waals surface area contributed by atoms with Gasteiger partial charge < -0.3 is 39.5 Å². The average Bonchev–Trinajstić information content (AvgIpc) is 4.16. The highest BCUT2D eigenvalue weighted by Crippen LogP contribution is 2.52. The molecule has 0 bridgehead atoms. The van der Waals surface area contributed by atoms with Gasteiger partial charge in [0.1, 0.15) is 11.5 Å². The van der Waals surface area contributed by atoms with Crippen molar-refractivity contribution in [1.29, 1.82) is 0 Å². The monoisotopic (exact) mass is 840 g/mol. The molecular formula is C48H45ClN4O8. The number of ether oxygens (including phenoxy) is 6. The van der Waals surface area contributed by atoms with Gasteiger partial charge in [0.25, 0.3) is 0 Å². The number of carbonyl (C=O) groups excluding carboxylic acids is 2. The molecule has 61 heavy (non-hydrogen) atoms. The second-order valence-electron chi connectivity index (χ2n) is 15.4. The molecule has 4 aliphatic rings. The molecule has 10 rings (SSSR count). The highest BCUT2D eigenvalue weighted by Gasteiger charge is 2.52. The molecule has 0 atom stereocenters. The first-order valence-electron chi connectivity index (χ1n) is 19.9. The van der Waals surface area contributed by atoms with Gasteiger partial charge in [-0.25, -0.2) is 9.97 Å². The van der Waals surface area contributed by atoms with E-state index in [1.807, 2.05) is 87.5 Å². The van der Waals surface area contributed by atoms with Gasteiger partial charge >= 0.3 is 0 Å². The van der Waals surface area contributed by atoms with Crippen LogP contribution in [0.1, 0.15) is 59.1 Å². The van der Waals surface area contributed by atoms with E-state index >= 15 is 0 Å². The zero-order valence-electron chi connectivity index (χ0n) is 34.3. The van der Waals surface area contributed by atoms with E-state index in [0.717, 1.165) is 76.5 Å². The summed E-state index contributed by atoms with van der Waals surface area (Å²) in [6.45, 7) is 8.62. The summed E-state index contributed by atoms with van der Waals surface area (Å²) in [6, 6.07) is 30.3. The molecule has 4 aromatic carbocycles. The Balaban J connectivity index is 0.000000139. The van der Waals surface area contributed by atoms with Crippen LogP contribution in [0.15, 0.2) is 109 Å². The molecule has 0 unspecified atom stereocenters. The summed E-state index contributed by atoms with van der Waals surface area (Å²) in [5.41, 5.74) is 12.3. The first-order chi connectivity index (χ1) is 29.4. The molecule has 0 spiro atoms. The van der Waals surface area contributed by atoms with Gasteiger partial charge in [-0.3, -0.25) is 9.59 Å². The molecule has 0 saturated heterocycles. The Morgan fingerprint density at radius 1 is 0.623 bits per heavy atom. The summed E-state index contributed by atoms with van der Waals surface area (Å²) >= 11 is 5.61. The zero-order chi connectivity index (χ0) is 42.7. The molecule has 2 aliphatic carbocycles. The molecule has 1 amide bonds. The fourth-order valence-corrected chi connectivity index (χ4v) is 7.29. The van der Waals surface area contributed by atoms with Crippen LogP contribution in [0.2, 0.25) is 0 Å². The standard InChI is InChI=1S/C24H22N2O4.C13H14N2O.C11H9ClO3/c1-15-4-3-5-19(16(15)2)30-22-9-7-18(13-25-22)26-23(27)24(10-11-24)17-6-8-20-21(12-17)29-14-28-20;1-9-4-3-5-12(10(9)2)16-13-7-6-11(14)8-15-13;12-10(13)11(3-4-11)7-1-2-8-9(5-7)15-6-14-8/h3-9,12-13H,10-11,14H2,1-2H3,(H,26,27);3-8H,14H2,1-2H3;1-2,5H,3-4,6H2. The third-order valence-electron chi connectivity index (χ3n) is 11.5. The van der Waals surface area contributed by atoms with Crippen molar-refractivity contribution in [3.63, 3.8) is 0 Å². The van der Waals surface area contributed by atoms with Crippen molar-refractivity contribution in [3.8, 4) is 46.3 Å². The van der Waals surface area contributed by atoms with Gasteiger partial charge in [-0.1, -0.05) is 36.4 Å². The van der Waals surface area contributed by atoms with Crippen molar-refractivity contribution in [2.45, 2.75) is 64.2 Å². The van der Waals surface area contributed by atoms with Gasteiger partial charge in [0, 0.05) is 12.1 Å². The average molecular weight is 841 g/mol. The number of aromatic nitrogens is 2. The van der Waals surface area contributed by atoms with E-state index in [4.69, 9.17) is 45.8 Å². The van der Waals surface area contributed by atoms with E-state index in [1.165, 1.54) is 5.56 Å². The van der Waals surface area contributed by atoms with Crippen LogP contribution < -0.4 is 39.5 Å². The predicted octanol–water partition coefficient (Wildman–Crippen LogP) is 10.2. The maximum Gasteiger partial charge on any atom is 0.235 e. The number of nitrogens with two attached hydrogens (primary N) is 1. The number of halogens is 1. The van der Waals surface area contributed by atoms with Crippen molar-refractivity contribution in [1.82, 2.24) is 9.97 Å². The summed E-state index contributed by atoms with van der Waals surface area (Å²) in [5.74, 6) is 5.47. The zero-order valence-corrected chi connectivity index (χ0v) is 35.0. The van der Waals surface area contributed by atoms with Crippen LogP contribution in [0, 0.1) is 27.7 Å². The molecular weight excluding hydrogens is 796 g/mol. The molecule has 312 valence electrons. The molecule has 13 heteroatoms. The van der Waals surface area contributed by atoms with E-state index < -0.39 is 10.8 Å². The summed E-state index contributed by atoms with van der Waals surface area (Å²) in [7, 11) is 0. The molecule has 2 fully saturated rings. The quantitative estimate of drug-likeness (QED) is 0.134. The van der Waals surface area contributed by atoms with Crippen LogP contribution in [0.25, 0.3) is 0 Å². The highest BCUT2D eigenvalue weighted by atomic mass is 35.5. The van der Waals surface area contributed by atoms with Crippen molar-refractivity contribution in [2.24, 2.45) is 0 Å². The van der Waals surface area contributed by atoms with E-state index in [9.17, 15) is 9.59 Å². The Hall–Kier alpha value is -6.79. The number of amides is 1. The highest BCUT2D eigenvalue weighted by molar-refractivity contribution is 6.66. The maximum atomic E-state index is 13.0. The third-order valence-corrected chi connectivity index (χ3v) is 11.8. The fourth-order valence-electron chi connectivity index (χ4n) is 7.00. The number of nitrogens with zero attached hydrogens (tertiary/aromatic N) is 2. The van der Waals surface area contributed by atoms with E-state index in [-0.39, 0.29) is 24.7 Å². The minimum atomic E-state index is -0.519. The van der Waals surface area contributed by atoms with Gasteiger partial charge in [-0.2, -0.15) is 0 Å². The number of carbonyl (C=O) groups is 2. The molecule has 2 aliphatic heterocycles. The predicted molar refractivity (Wildman–Crippen MR) is 231 cm³/mol. The molecule has 6 aromatic rings. The number of fused-ring (bicyclic) bond motifs is 2. The van der Waals surface area contributed by atoms with Crippen LogP contribution in [-0.2, 0) is 20.4 Å². The molecule has 2 saturated carbocycles. The topological polar surface area (TPSA) is 153 Å². The van der Waals surface area contributed by atoms with E-state index in [1.54, 1.807) is 36.7 Å². The number of hydrogen-bond donors (Lipinski definition) is 2. The number of pyridine rings is 2. The first-order valence-corrected chi connectivity index (χ1v) is 20.3. The Morgan fingerprint density at radius 2 is 1.11 bits per heavy atom. The first kappa shape index (κ1) is 41.0. The Labute approximate surface area is 358 Å². The fraction of sp³-hybridized carbons (Fsp3) is 0.250. The molecule has 4 heterocycles. The summed E-state index contributed by atoms with van der Waals surface area (Å²) in [4.78, 5) is 32.8. The normalized spacial score (nSPS) is 15.2. The largest absolute Gasteiger partial charge is 0.454 e. The second-order valence-corrected chi connectivity index (χ2v) is 15.8. The second kappa shape index (κ2) is 17.1. The molecule has 2 aromatic heterocycles.